The van der Waals surface area contributed by atoms with Gasteiger partial charge in [-0.05, 0) is 31.3 Å². The van der Waals surface area contributed by atoms with Crippen molar-refractivity contribution >= 4 is 16.8 Å². The van der Waals surface area contributed by atoms with E-state index < -0.39 is 0 Å². The Morgan fingerprint density at radius 3 is 2.57 bits per heavy atom. The number of aromatic amines is 1. The quantitative estimate of drug-likeness (QED) is 0.761. The molecule has 0 aliphatic heterocycles. The molecule has 1 heterocycles. The van der Waals surface area contributed by atoms with Gasteiger partial charge in [0.1, 0.15) is 0 Å². The Hall–Kier alpha value is -2.66. The van der Waals surface area contributed by atoms with Crippen molar-refractivity contribution in [1.29, 1.82) is 0 Å². The number of amides is 1. The normalized spacial score (nSPS) is 11.1. The van der Waals surface area contributed by atoms with E-state index in [0.717, 1.165) is 23.0 Å². The number of benzene rings is 2. The molecule has 0 saturated heterocycles. The number of hydrogen-bond donors (Lipinski definition) is 2. The predicted molar refractivity (Wildman–Crippen MR) is 91.1 cm³/mol. The van der Waals surface area contributed by atoms with E-state index in [9.17, 15) is 4.79 Å². The number of fused-ring (bicyclic) bond motifs is 1. The molecule has 3 rings (SSSR count). The van der Waals surface area contributed by atoms with Crippen LogP contribution in [0.5, 0.6) is 0 Å². The third-order valence-electron chi connectivity index (χ3n) is 3.73. The van der Waals surface area contributed by atoms with Crippen molar-refractivity contribution in [2.24, 2.45) is 0 Å². The number of nitrogens with one attached hydrogen (secondary N) is 2. The van der Waals surface area contributed by atoms with Gasteiger partial charge in [0.2, 0.25) is 0 Å². The lowest BCUT2D eigenvalue weighted by molar-refractivity contribution is 0.0947. The number of hydrogen-bond acceptors (Lipinski definition) is 3. The minimum atomic E-state index is -0.165. The highest BCUT2D eigenvalue weighted by molar-refractivity contribution is 6.04. The topological polar surface area (TPSA) is 61.0 Å². The van der Waals surface area contributed by atoms with Crippen LogP contribution in [0.15, 0.2) is 48.5 Å². The first-order valence-electron chi connectivity index (χ1n) is 7.58. The van der Waals surface area contributed by atoms with Crippen molar-refractivity contribution in [1.82, 2.24) is 20.4 Å². The van der Waals surface area contributed by atoms with E-state index in [1.807, 2.05) is 56.6 Å². The number of H-pyrrole nitrogens is 1. The summed E-state index contributed by atoms with van der Waals surface area (Å²) >= 11 is 0. The van der Waals surface area contributed by atoms with Gasteiger partial charge in [0.25, 0.3) is 5.91 Å². The largest absolute Gasteiger partial charge is 0.347 e. The number of rotatable bonds is 5. The SMILES string of the molecule is CN(C)Cc1ccccc1CNC(=O)c1n[nH]c2ccccc12. The summed E-state index contributed by atoms with van der Waals surface area (Å²) in [6.45, 7) is 1.33. The molecule has 0 spiro atoms. The Morgan fingerprint density at radius 2 is 1.78 bits per heavy atom. The average Bonchev–Trinajstić information content (AvgIpc) is 2.97. The number of nitrogens with zero attached hydrogens (tertiary/aromatic N) is 2. The van der Waals surface area contributed by atoms with Crippen LogP contribution in [0.4, 0.5) is 0 Å². The molecule has 0 aliphatic carbocycles. The minimum absolute atomic E-state index is 0.165. The zero-order valence-electron chi connectivity index (χ0n) is 13.3. The molecule has 0 unspecified atom stereocenters. The van der Waals surface area contributed by atoms with Gasteiger partial charge in [-0.25, -0.2) is 0 Å². The fourth-order valence-corrected chi connectivity index (χ4v) is 2.62. The Morgan fingerprint density at radius 1 is 1.09 bits per heavy atom. The van der Waals surface area contributed by atoms with Crippen LogP contribution in [-0.4, -0.2) is 35.1 Å². The first kappa shape index (κ1) is 15.2. The maximum atomic E-state index is 12.4. The summed E-state index contributed by atoms with van der Waals surface area (Å²) in [5, 5.41) is 10.8. The van der Waals surface area contributed by atoms with Gasteiger partial charge >= 0.3 is 0 Å². The van der Waals surface area contributed by atoms with Gasteiger partial charge in [0, 0.05) is 18.5 Å². The summed E-state index contributed by atoms with van der Waals surface area (Å²) in [7, 11) is 4.07. The van der Waals surface area contributed by atoms with Crippen molar-refractivity contribution in [3.63, 3.8) is 0 Å². The summed E-state index contributed by atoms with van der Waals surface area (Å²) in [6.07, 6.45) is 0. The lowest BCUT2D eigenvalue weighted by Crippen LogP contribution is -2.24. The molecule has 1 amide bonds. The molecule has 0 radical (unpaired) electrons. The summed E-state index contributed by atoms with van der Waals surface area (Å²) in [6, 6.07) is 15.8. The molecule has 0 saturated carbocycles. The highest BCUT2D eigenvalue weighted by Crippen LogP contribution is 2.15. The standard InChI is InChI=1S/C18H20N4O/c1-22(2)12-14-8-4-3-7-13(14)11-19-18(23)17-15-9-5-6-10-16(15)20-21-17/h3-10H,11-12H2,1-2H3,(H,19,23)(H,20,21). The van der Waals surface area contributed by atoms with Crippen LogP contribution in [0.1, 0.15) is 21.6 Å². The number of carbonyl (C=O) groups excluding carboxylic acids is 1. The summed E-state index contributed by atoms with van der Waals surface area (Å²) in [4.78, 5) is 14.5. The van der Waals surface area contributed by atoms with Gasteiger partial charge in [-0.1, -0.05) is 42.5 Å². The zero-order valence-corrected chi connectivity index (χ0v) is 13.3. The van der Waals surface area contributed by atoms with E-state index in [2.05, 4.69) is 26.5 Å². The lowest BCUT2D eigenvalue weighted by Gasteiger charge is -2.14. The Balaban J connectivity index is 1.75. The van der Waals surface area contributed by atoms with Crippen LogP contribution in [0, 0.1) is 0 Å². The second-order valence-electron chi connectivity index (χ2n) is 5.81. The molecule has 2 N–H and O–H groups in total. The van der Waals surface area contributed by atoms with Crippen molar-refractivity contribution in [2.75, 3.05) is 14.1 Å². The monoisotopic (exact) mass is 308 g/mol. The van der Waals surface area contributed by atoms with Gasteiger partial charge in [0.15, 0.2) is 5.69 Å². The molecule has 3 aromatic rings. The Labute approximate surface area is 135 Å². The van der Waals surface area contributed by atoms with Gasteiger partial charge in [-0.3, -0.25) is 9.89 Å². The van der Waals surface area contributed by atoms with E-state index in [0.29, 0.717) is 12.2 Å². The van der Waals surface area contributed by atoms with E-state index >= 15 is 0 Å². The van der Waals surface area contributed by atoms with Crippen LogP contribution in [0.3, 0.4) is 0 Å². The van der Waals surface area contributed by atoms with Gasteiger partial charge in [-0.15, -0.1) is 0 Å². The van der Waals surface area contributed by atoms with Gasteiger partial charge < -0.3 is 10.2 Å². The molecule has 23 heavy (non-hydrogen) atoms. The first-order chi connectivity index (χ1) is 11.1. The summed E-state index contributed by atoms with van der Waals surface area (Å²) < 4.78 is 0. The fraction of sp³-hybridized carbons (Fsp3) is 0.222. The van der Waals surface area contributed by atoms with E-state index in [4.69, 9.17) is 0 Å². The molecule has 0 atom stereocenters. The minimum Gasteiger partial charge on any atom is -0.347 e. The molecule has 5 nitrogen and oxygen atoms in total. The van der Waals surface area contributed by atoms with Crippen LogP contribution in [-0.2, 0) is 13.1 Å². The third kappa shape index (κ3) is 3.40. The Bertz CT molecular complexity index is 823. The smallest absolute Gasteiger partial charge is 0.272 e. The van der Waals surface area contributed by atoms with E-state index in [-0.39, 0.29) is 5.91 Å². The average molecular weight is 308 g/mol. The molecular formula is C18H20N4O. The highest BCUT2D eigenvalue weighted by Gasteiger charge is 2.14. The summed E-state index contributed by atoms with van der Waals surface area (Å²) in [5.74, 6) is -0.165. The van der Waals surface area contributed by atoms with Gasteiger partial charge in [0.05, 0.1) is 5.52 Å². The molecule has 0 fully saturated rings. The number of para-hydroxylation sites is 1. The molecular weight excluding hydrogens is 288 g/mol. The van der Waals surface area contributed by atoms with Crippen molar-refractivity contribution in [3.05, 3.63) is 65.4 Å². The maximum Gasteiger partial charge on any atom is 0.272 e. The van der Waals surface area contributed by atoms with Crippen LogP contribution < -0.4 is 5.32 Å². The van der Waals surface area contributed by atoms with Crippen LogP contribution in [0.25, 0.3) is 10.9 Å². The van der Waals surface area contributed by atoms with Crippen LogP contribution >= 0.6 is 0 Å². The van der Waals surface area contributed by atoms with Crippen molar-refractivity contribution < 1.29 is 4.79 Å². The second-order valence-corrected chi connectivity index (χ2v) is 5.81. The second kappa shape index (κ2) is 6.62. The Kier molecular flexibility index (Phi) is 4.39. The lowest BCUT2D eigenvalue weighted by atomic mass is 10.1. The third-order valence-corrected chi connectivity index (χ3v) is 3.73. The predicted octanol–water partition coefficient (Wildman–Crippen LogP) is 2.55. The number of aromatic nitrogens is 2. The van der Waals surface area contributed by atoms with Gasteiger partial charge in [-0.2, -0.15) is 5.10 Å². The van der Waals surface area contributed by atoms with Crippen molar-refractivity contribution in [3.8, 4) is 0 Å². The van der Waals surface area contributed by atoms with Crippen LogP contribution in [0.2, 0.25) is 0 Å². The van der Waals surface area contributed by atoms with E-state index in [1.54, 1.807) is 0 Å². The highest BCUT2D eigenvalue weighted by atomic mass is 16.1. The first-order valence-corrected chi connectivity index (χ1v) is 7.58. The molecule has 2 aromatic carbocycles. The van der Waals surface area contributed by atoms with E-state index in [1.165, 1.54) is 5.56 Å². The molecule has 0 bridgehead atoms. The van der Waals surface area contributed by atoms with Crippen molar-refractivity contribution in [2.45, 2.75) is 13.1 Å². The fourth-order valence-electron chi connectivity index (χ4n) is 2.62. The molecule has 1 aromatic heterocycles. The molecule has 0 aliphatic rings. The zero-order chi connectivity index (χ0) is 16.2. The molecule has 5 heteroatoms. The molecule has 118 valence electrons. The maximum absolute atomic E-state index is 12.4. The number of carbonyl (C=O) groups is 1. The summed E-state index contributed by atoms with van der Waals surface area (Å²) in [5.41, 5.74) is 3.63.